The highest BCUT2D eigenvalue weighted by Crippen LogP contribution is 2.39. The van der Waals surface area contributed by atoms with E-state index in [-0.39, 0.29) is 18.4 Å². The Morgan fingerprint density at radius 3 is 2.42 bits per heavy atom. The summed E-state index contributed by atoms with van der Waals surface area (Å²) in [5, 5.41) is 58.9. The molecule has 0 aromatic rings. The minimum atomic E-state index is -1.51. The van der Waals surface area contributed by atoms with Gasteiger partial charge in [0.2, 0.25) is 0 Å². The molecule has 0 amide bonds. The lowest BCUT2D eigenvalue weighted by molar-refractivity contribution is -0.327. The zero-order valence-corrected chi connectivity index (χ0v) is 14.2. The van der Waals surface area contributed by atoms with Crippen molar-refractivity contribution in [1.29, 1.82) is 0 Å². The van der Waals surface area contributed by atoms with Crippen LogP contribution in [-0.2, 0) is 9.47 Å². The Hall–Kier alpha value is -0.320. The quantitative estimate of drug-likeness (QED) is 0.347. The fourth-order valence-electron chi connectivity index (χ4n) is 3.50. The van der Waals surface area contributed by atoms with Crippen molar-refractivity contribution in [3.63, 3.8) is 0 Å². The van der Waals surface area contributed by atoms with Gasteiger partial charge in [-0.2, -0.15) is 0 Å². The van der Waals surface area contributed by atoms with Gasteiger partial charge in [-0.1, -0.05) is 6.92 Å². The van der Waals surface area contributed by atoms with Gasteiger partial charge in [-0.3, -0.25) is 0 Å². The smallest absolute Gasteiger partial charge is 0.187 e. The normalized spacial score (nSPS) is 48.2. The monoisotopic (exact) mass is 350 g/mol. The first-order valence-corrected chi connectivity index (χ1v) is 8.50. The second kappa shape index (κ2) is 7.92. The van der Waals surface area contributed by atoms with E-state index < -0.39 is 49.0 Å². The summed E-state index contributed by atoms with van der Waals surface area (Å²) in [6.07, 6.45) is -5.72. The van der Waals surface area contributed by atoms with Gasteiger partial charge >= 0.3 is 0 Å². The van der Waals surface area contributed by atoms with Gasteiger partial charge in [0.05, 0.1) is 18.3 Å². The molecule has 8 nitrogen and oxygen atoms in total. The van der Waals surface area contributed by atoms with E-state index in [1.165, 1.54) is 0 Å². The highest BCUT2D eigenvalue weighted by molar-refractivity contribution is 4.94. The topological polar surface area (TPSA) is 140 Å². The summed E-state index contributed by atoms with van der Waals surface area (Å²) in [5.41, 5.74) is -1.13. The van der Waals surface area contributed by atoms with Crippen LogP contribution in [0.5, 0.6) is 0 Å². The zero-order valence-electron chi connectivity index (χ0n) is 14.2. The Morgan fingerprint density at radius 1 is 1.17 bits per heavy atom. The summed E-state index contributed by atoms with van der Waals surface area (Å²) < 4.78 is 11.1. The van der Waals surface area contributed by atoms with Gasteiger partial charge in [-0.25, -0.2) is 0 Å². The van der Waals surface area contributed by atoms with Crippen LogP contribution >= 0.6 is 0 Å². The summed E-state index contributed by atoms with van der Waals surface area (Å²) in [6, 6.07) is 0. The van der Waals surface area contributed by atoms with Gasteiger partial charge in [0.25, 0.3) is 0 Å². The SMILES string of the molecule is C[C@@H](CO)[C@@H]1CC[C@](C)(O)[C@@H](O[C@@H]2O[C@H](CO)[C@@H](O)[C@H](O)[C@H]2O)C1. The van der Waals surface area contributed by atoms with Crippen LogP contribution in [0.4, 0.5) is 0 Å². The van der Waals surface area contributed by atoms with Crippen LogP contribution in [0.2, 0.25) is 0 Å². The fraction of sp³-hybridized carbons (Fsp3) is 1.00. The molecule has 2 fully saturated rings. The van der Waals surface area contributed by atoms with E-state index in [0.717, 1.165) is 6.42 Å². The molecular formula is C16H30O8. The fourth-order valence-corrected chi connectivity index (χ4v) is 3.50. The molecule has 6 N–H and O–H groups in total. The minimum Gasteiger partial charge on any atom is -0.396 e. The van der Waals surface area contributed by atoms with Gasteiger partial charge in [0.15, 0.2) is 6.29 Å². The molecule has 1 heterocycles. The molecule has 1 aliphatic heterocycles. The summed E-state index contributed by atoms with van der Waals surface area (Å²) in [5.74, 6) is 0.215. The first-order valence-electron chi connectivity index (χ1n) is 8.50. The van der Waals surface area contributed by atoms with Crippen molar-refractivity contribution in [2.75, 3.05) is 13.2 Å². The average Bonchev–Trinajstić information content (AvgIpc) is 2.56. The van der Waals surface area contributed by atoms with Crippen LogP contribution in [0.15, 0.2) is 0 Å². The Balaban J connectivity index is 2.08. The Labute approximate surface area is 141 Å². The summed E-state index contributed by atoms with van der Waals surface area (Å²) >= 11 is 0. The molecule has 142 valence electrons. The molecule has 0 radical (unpaired) electrons. The van der Waals surface area contributed by atoms with E-state index in [0.29, 0.717) is 12.8 Å². The number of hydrogen-bond acceptors (Lipinski definition) is 8. The maximum Gasteiger partial charge on any atom is 0.187 e. The number of rotatable bonds is 5. The van der Waals surface area contributed by atoms with E-state index >= 15 is 0 Å². The number of aliphatic hydroxyl groups excluding tert-OH is 5. The Bertz CT molecular complexity index is 402. The average molecular weight is 350 g/mol. The van der Waals surface area contributed by atoms with Gasteiger partial charge in [0, 0.05) is 6.61 Å². The van der Waals surface area contributed by atoms with Gasteiger partial charge in [0.1, 0.15) is 24.4 Å². The van der Waals surface area contributed by atoms with Crippen molar-refractivity contribution < 1.29 is 40.1 Å². The lowest BCUT2D eigenvalue weighted by Gasteiger charge is -2.46. The highest BCUT2D eigenvalue weighted by atomic mass is 16.7. The summed E-state index contributed by atoms with van der Waals surface area (Å²) in [6.45, 7) is 3.08. The molecule has 0 bridgehead atoms. The standard InChI is InChI=1S/C16H30O8/c1-8(6-17)9-3-4-16(2,22)11(5-9)24-15-14(21)13(20)12(19)10(7-18)23-15/h8-15,17-22H,3-7H2,1-2H3/t8-,9+,10+,11-,12+,13-,14+,15-,16-/m0/s1. The van der Waals surface area contributed by atoms with E-state index in [2.05, 4.69) is 0 Å². The van der Waals surface area contributed by atoms with Crippen LogP contribution in [-0.4, -0.2) is 86.3 Å². The van der Waals surface area contributed by atoms with Crippen LogP contribution in [0.25, 0.3) is 0 Å². The van der Waals surface area contributed by atoms with E-state index in [1.807, 2.05) is 6.92 Å². The van der Waals surface area contributed by atoms with Crippen LogP contribution in [0.3, 0.4) is 0 Å². The van der Waals surface area contributed by atoms with Crippen LogP contribution in [0.1, 0.15) is 33.1 Å². The number of aliphatic hydroxyl groups is 6. The lowest BCUT2D eigenvalue weighted by Crippen LogP contribution is -2.61. The first kappa shape index (κ1) is 20.0. The second-order valence-electron chi connectivity index (χ2n) is 7.37. The summed E-state index contributed by atoms with van der Waals surface area (Å²) in [4.78, 5) is 0. The molecule has 1 saturated heterocycles. The molecule has 9 atom stereocenters. The summed E-state index contributed by atoms with van der Waals surface area (Å²) in [7, 11) is 0. The van der Waals surface area contributed by atoms with Gasteiger partial charge in [-0.05, 0) is 38.0 Å². The molecule has 2 aliphatic rings. The predicted molar refractivity (Wildman–Crippen MR) is 82.9 cm³/mol. The third-order valence-electron chi connectivity index (χ3n) is 5.47. The van der Waals surface area contributed by atoms with E-state index in [9.17, 15) is 30.6 Å². The number of ether oxygens (including phenoxy) is 2. The molecule has 8 heteroatoms. The first-order chi connectivity index (χ1) is 11.2. The highest BCUT2D eigenvalue weighted by Gasteiger charge is 2.48. The van der Waals surface area contributed by atoms with Crippen molar-refractivity contribution in [1.82, 2.24) is 0 Å². The third kappa shape index (κ3) is 4.08. The maximum absolute atomic E-state index is 10.6. The van der Waals surface area contributed by atoms with Crippen molar-refractivity contribution >= 4 is 0 Å². The van der Waals surface area contributed by atoms with Crippen molar-refractivity contribution in [2.45, 2.75) is 75.5 Å². The molecule has 2 rings (SSSR count). The van der Waals surface area contributed by atoms with Gasteiger partial charge < -0.3 is 40.1 Å². The van der Waals surface area contributed by atoms with Crippen molar-refractivity contribution in [3.8, 4) is 0 Å². The number of hydrogen-bond donors (Lipinski definition) is 6. The molecule has 0 aromatic carbocycles. The molecular weight excluding hydrogens is 320 g/mol. The van der Waals surface area contributed by atoms with Crippen molar-refractivity contribution in [3.05, 3.63) is 0 Å². The van der Waals surface area contributed by atoms with E-state index in [1.54, 1.807) is 6.92 Å². The molecule has 1 aliphatic carbocycles. The third-order valence-corrected chi connectivity index (χ3v) is 5.47. The van der Waals surface area contributed by atoms with Crippen LogP contribution < -0.4 is 0 Å². The Morgan fingerprint density at radius 2 is 1.83 bits per heavy atom. The Kier molecular flexibility index (Phi) is 6.60. The minimum absolute atomic E-state index is 0.0412. The second-order valence-corrected chi connectivity index (χ2v) is 7.37. The van der Waals surface area contributed by atoms with E-state index in [4.69, 9.17) is 9.47 Å². The molecule has 1 saturated carbocycles. The maximum atomic E-state index is 10.6. The molecule has 24 heavy (non-hydrogen) atoms. The van der Waals surface area contributed by atoms with Crippen LogP contribution in [0, 0.1) is 11.8 Å². The molecule has 0 unspecified atom stereocenters. The largest absolute Gasteiger partial charge is 0.396 e. The van der Waals surface area contributed by atoms with Gasteiger partial charge in [-0.15, -0.1) is 0 Å². The predicted octanol–water partition coefficient (Wildman–Crippen LogP) is -1.65. The van der Waals surface area contributed by atoms with Crippen molar-refractivity contribution in [2.24, 2.45) is 11.8 Å². The zero-order chi connectivity index (χ0) is 18.1. The molecule has 0 spiro atoms. The lowest BCUT2D eigenvalue weighted by atomic mass is 9.73. The molecule has 0 aromatic heterocycles.